The molecule has 1 aromatic carbocycles. The third-order valence-electron chi connectivity index (χ3n) is 2.45. The molecular weight excluding hydrogens is 285 g/mol. The van der Waals surface area contributed by atoms with Crippen LogP contribution in [0.15, 0.2) is 18.2 Å². The third kappa shape index (κ3) is 6.03. The van der Waals surface area contributed by atoms with Gasteiger partial charge in [-0.1, -0.05) is 0 Å². The van der Waals surface area contributed by atoms with E-state index in [1.807, 2.05) is 0 Å². The predicted molar refractivity (Wildman–Crippen MR) is 74.0 cm³/mol. The highest BCUT2D eigenvalue weighted by molar-refractivity contribution is 5.86. The summed E-state index contributed by atoms with van der Waals surface area (Å²) in [6, 6.07) is 3.22. The van der Waals surface area contributed by atoms with Gasteiger partial charge in [0.25, 0.3) is 5.92 Å². The highest BCUT2D eigenvalue weighted by atomic mass is 19.3. The second-order valence-corrected chi connectivity index (χ2v) is 5.67. The van der Waals surface area contributed by atoms with E-state index < -0.39 is 36.4 Å². The van der Waals surface area contributed by atoms with E-state index in [1.165, 1.54) is 6.07 Å². The molecule has 0 aliphatic carbocycles. The van der Waals surface area contributed by atoms with E-state index in [0.29, 0.717) is 0 Å². The Labute approximate surface area is 121 Å². The van der Waals surface area contributed by atoms with Crippen LogP contribution < -0.4 is 11.1 Å². The Hall–Kier alpha value is -1.76. The fourth-order valence-corrected chi connectivity index (χ4v) is 1.59. The Morgan fingerprint density at radius 2 is 1.95 bits per heavy atom. The molecule has 21 heavy (non-hydrogen) atoms. The standard InChI is InChI=1S/C14H19F3N2O2/c1-13(2,3)21-12(20)19-11-5-4-10(15)6-9(11)7-14(16,17)8-18/h4-6H,7-8,18H2,1-3H3,(H,19,20). The summed E-state index contributed by atoms with van der Waals surface area (Å²) in [6.45, 7) is 4.14. The normalized spacial score (nSPS) is 12.1. The molecule has 1 rings (SSSR count). The number of nitrogens with two attached hydrogens (primary N) is 1. The molecule has 0 atom stereocenters. The monoisotopic (exact) mass is 304 g/mol. The molecule has 118 valence electrons. The van der Waals surface area contributed by atoms with Gasteiger partial charge in [0.2, 0.25) is 0 Å². The SMILES string of the molecule is CC(C)(C)OC(=O)Nc1ccc(F)cc1CC(F)(F)CN. The lowest BCUT2D eigenvalue weighted by Gasteiger charge is -2.21. The fourth-order valence-electron chi connectivity index (χ4n) is 1.59. The van der Waals surface area contributed by atoms with Crippen LogP contribution >= 0.6 is 0 Å². The van der Waals surface area contributed by atoms with Crippen molar-refractivity contribution >= 4 is 11.8 Å². The van der Waals surface area contributed by atoms with Crippen LogP contribution in [0.3, 0.4) is 0 Å². The van der Waals surface area contributed by atoms with Crippen molar-refractivity contribution in [3.05, 3.63) is 29.6 Å². The van der Waals surface area contributed by atoms with Crippen LogP contribution in [-0.4, -0.2) is 24.2 Å². The van der Waals surface area contributed by atoms with E-state index in [1.54, 1.807) is 20.8 Å². The van der Waals surface area contributed by atoms with Crippen LogP contribution in [0.2, 0.25) is 0 Å². The molecule has 0 heterocycles. The van der Waals surface area contributed by atoms with Crippen molar-refractivity contribution in [2.45, 2.75) is 38.7 Å². The quantitative estimate of drug-likeness (QED) is 0.897. The molecule has 0 saturated carbocycles. The maximum absolute atomic E-state index is 13.4. The average Bonchev–Trinajstić information content (AvgIpc) is 2.30. The van der Waals surface area contributed by atoms with Gasteiger partial charge in [-0.2, -0.15) is 0 Å². The molecule has 0 spiro atoms. The molecule has 4 nitrogen and oxygen atoms in total. The molecule has 0 aliphatic rings. The predicted octanol–water partition coefficient (Wildman–Crippen LogP) is 3.31. The molecule has 1 aromatic rings. The summed E-state index contributed by atoms with van der Waals surface area (Å²) in [5.74, 6) is -3.86. The van der Waals surface area contributed by atoms with E-state index in [-0.39, 0.29) is 11.3 Å². The lowest BCUT2D eigenvalue weighted by atomic mass is 10.0. The molecule has 0 aromatic heterocycles. The lowest BCUT2D eigenvalue weighted by Crippen LogP contribution is -2.31. The van der Waals surface area contributed by atoms with Gasteiger partial charge in [0.1, 0.15) is 11.4 Å². The first-order valence-corrected chi connectivity index (χ1v) is 6.39. The van der Waals surface area contributed by atoms with Gasteiger partial charge in [-0.25, -0.2) is 18.0 Å². The minimum atomic E-state index is -3.18. The van der Waals surface area contributed by atoms with Crippen molar-refractivity contribution in [1.82, 2.24) is 0 Å². The van der Waals surface area contributed by atoms with Gasteiger partial charge in [0.05, 0.1) is 6.54 Å². The zero-order chi connectivity index (χ0) is 16.3. The molecule has 0 unspecified atom stereocenters. The molecular formula is C14H19F3N2O2. The van der Waals surface area contributed by atoms with Crippen LogP contribution in [0.4, 0.5) is 23.7 Å². The molecule has 1 amide bonds. The number of amides is 1. The van der Waals surface area contributed by atoms with Crippen molar-refractivity contribution in [1.29, 1.82) is 0 Å². The van der Waals surface area contributed by atoms with Gasteiger partial charge in [0, 0.05) is 12.1 Å². The summed E-state index contributed by atoms with van der Waals surface area (Å²) in [5.41, 5.74) is 4.26. The van der Waals surface area contributed by atoms with Gasteiger partial charge in [-0.15, -0.1) is 0 Å². The number of benzene rings is 1. The second-order valence-electron chi connectivity index (χ2n) is 5.67. The number of alkyl halides is 2. The van der Waals surface area contributed by atoms with Crippen molar-refractivity contribution in [3.8, 4) is 0 Å². The van der Waals surface area contributed by atoms with Gasteiger partial charge in [-0.3, -0.25) is 5.32 Å². The van der Waals surface area contributed by atoms with Crippen molar-refractivity contribution in [2.75, 3.05) is 11.9 Å². The number of hydrogen-bond donors (Lipinski definition) is 2. The van der Waals surface area contributed by atoms with Gasteiger partial charge >= 0.3 is 6.09 Å². The number of halogens is 3. The molecule has 3 N–H and O–H groups in total. The number of rotatable bonds is 4. The van der Waals surface area contributed by atoms with E-state index >= 15 is 0 Å². The summed E-state index contributed by atoms with van der Waals surface area (Å²) >= 11 is 0. The van der Waals surface area contributed by atoms with Gasteiger partial charge in [-0.05, 0) is 44.5 Å². The van der Waals surface area contributed by atoms with E-state index in [2.05, 4.69) is 5.32 Å². The molecule has 0 fully saturated rings. The summed E-state index contributed by atoms with van der Waals surface area (Å²) in [5, 5.41) is 2.34. The number of nitrogens with one attached hydrogen (secondary N) is 1. The maximum atomic E-state index is 13.4. The second kappa shape index (κ2) is 6.34. The Bertz CT molecular complexity index is 513. The van der Waals surface area contributed by atoms with E-state index in [0.717, 1.165) is 12.1 Å². The van der Waals surface area contributed by atoms with Gasteiger partial charge < -0.3 is 10.5 Å². The summed E-state index contributed by atoms with van der Waals surface area (Å²) < 4.78 is 45.0. The third-order valence-corrected chi connectivity index (χ3v) is 2.45. The zero-order valence-electron chi connectivity index (χ0n) is 12.2. The van der Waals surface area contributed by atoms with Crippen LogP contribution in [0.1, 0.15) is 26.3 Å². The van der Waals surface area contributed by atoms with Crippen molar-refractivity contribution in [3.63, 3.8) is 0 Å². The van der Waals surface area contributed by atoms with Crippen LogP contribution in [0, 0.1) is 5.82 Å². The first-order valence-electron chi connectivity index (χ1n) is 6.39. The molecule has 7 heteroatoms. The maximum Gasteiger partial charge on any atom is 0.412 e. The number of carbonyl (C=O) groups is 1. The first-order chi connectivity index (χ1) is 9.52. The van der Waals surface area contributed by atoms with Crippen LogP contribution in [-0.2, 0) is 11.2 Å². The average molecular weight is 304 g/mol. The number of hydrogen-bond acceptors (Lipinski definition) is 3. The fraction of sp³-hybridized carbons (Fsp3) is 0.500. The van der Waals surface area contributed by atoms with E-state index in [9.17, 15) is 18.0 Å². The van der Waals surface area contributed by atoms with Crippen molar-refractivity contribution < 1.29 is 22.7 Å². The minimum absolute atomic E-state index is 0.0451. The van der Waals surface area contributed by atoms with Crippen LogP contribution in [0.5, 0.6) is 0 Å². The lowest BCUT2D eigenvalue weighted by molar-refractivity contribution is 0.0115. The number of anilines is 1. The topological polar surface area (TPSA) is 64.3 Å². The Morgan fingerprint density at radius 3 is 2.48 bits per heavy atom. The number of carbonyl (C=O) groups excluding carboxylic acids is 1. The smallest absolute Gasteiger partial charge is 0.412 e. The summed E-state index contributed by atoms with van der Waals surface area (Å²) in [4.78, 5) is 11.7. The molecule has 0 radical (unpaired) electrons. The van der Waals surface area contributed by atoms with Crippen molar-refractivity contribution in [2.24, 2.45) is 5.73 Å². The highest BCUT2D eigenvalue weighted by Gasteiger charge is 2.29. The highest BCUT2D eigenvalue weighted by Crippen LogP contribution is 2.26. The molecule has 0 aliphatic heterocycles. The minimum Gasteiger partial charge on any atom is -0.444 e. The first kappa shape index (κ1) is 17.3. The molecule has 0 bridgehead atoms. The number of ether oxygens (including phenoxy) is 1. The summed E-state index contributed by atoms with van der Waals surface area (Å²) in [7, 11) is 0. The van der Waals surface area contributed by atoms with Crippen LogP contribution in [0.25, 0.3) is 0 Å². The Balaban J connectivity index is 2.94. The van der Waals surface area contributed by atoms with Gasteiger partial charge in [0.15, 0.2) is 0 Å². The molecule has 0 saturated heterocycles. The Morgan fingerprint density at radius 1 is 1.33 bits per heavy atom. The summed E-state index contributed by atoms with van der Waals surface area (Å²) in [6.07, 6.45) is -1.57. The largest absolute Gasteiger partial charge is 0.444 e. The Kier molecular flexibility index (Phi) is 5.22. The zero-order valence-corrected chi connectivity index (χ0v) is 12.2. The van der Waals surface area contributed by atoms with E-state index in [4.69, 9.17) is 10.5 Å².